The third-order valence-electron chi connectivity index (χ3n) is 3.15. The highest BCUT2D eigenvalue weighted by atomic mass is 31.1. The summed E-state index contributed by atoms with van der Waals surface area (Å²) >= 11 is 0. The Hall–Kier alpha value is -2.58. The quantitative estimate of drug-likeness (QED) is 0.739. The van der Waals surface area contributed by atoms with Crippen molar-refractivity contribution in [2.24, 2.45) is 5.73 Å². The summed E-state index contributed by atoms with van der Waals surface area (Å²) in [7, 11) is -0.974. The van der Waals surface area contributed by atoms with Gasteiger partial charge >= 0.3 is 0 Å². The number of nitrogens with two attached hydrogens (primary N) is 1. The zero-order valence-corrected chi connectivity index (χ0v) is 12.6. The van der Waals surface area contributed by atoms with E-state index in [1.54, 1.807) is 6.20 Å². The van der Waals surface area contributed by atoms with Gasteiger partial charge in [-0.05, 0) is 10.6 Å². The van der Waals surface area contributed by atoms with Crippen molar-refractivity contribution in [2.45, 2.75) is 0 Å². The van der Waals surface area contributed by atoms with Crippen molar-refractivity contribution in [3.63, 3.8) is 0 Å². The molecule has 0 aliphatic heterocycles. The van der Waals surface area contributed by atoms with Crippen LogP contribution in [0.15, 0.2) is 73.1 Å². The van der Waals surface area contributed by atoms with Gasteiger partial charge in [0.05, 0.1) is 0 Å². The molecule has 0 spiro atoms. The minimum atomic E-state index is -0.974. The molecule has 3 rings (SSSR count). The maximum Gasteiger partial charge on any atom is 0.269 e. The monoisotopic (exact) mass is 307 g/mol. The predicted molar refractivity (Wildman–Crippen MR) is 89.3 cm³/mol. The smallest absolute Gasteiger partial charge is 0.269 e. The predicted octanol–water partition coefficient (Wildman–Crippen LogP) is 1.33. The van der Waals surface area contributed by atoms with Crippen LogP contribution < -0.4 is 21.8 Å². The zero-order chi connectivity index (χ0) is 15.4. The number of hydrogen-bond donors (Lipinski definition) is 1. The topological polar surface area (TPSA) is 68.9 Å². The maximum atomic E-state index is 11.7. The van der Waals surface area contributed by atoms with E-state index in [2.05, 4.69) is 9.97 Å². The Kier molecular flexibility index (Phi) is 4.22. The van der Waals surface area contributed by atoms with Crippen molar-refractivity contribution in [2.75, 3.05) is 0 Å². The molecule has 1 aromatic heterocycles. The molecule has 0 saturated carbocycles. The molecule has 108 valence electrons. The summed E-state index contributed by atoms with van der Waals surface area (Å²) in [5.74, 6) is -0.553. The lowest BCUT2D eigenvalue weighted by Gasteiger charge is -2.19. The molecular formula is C17H14N3OP. The number of hydrogen-bond acceptors (Lipinski definition) is 3. The highest BCUT2D eigenvalue weighted by Gasteiger charge is 2.23. The number of carbonyl (C=O) groups is 1. The van der Waals surface area contributed by atoms with E-state index in [0.717, 1.165) is 10.6 Å². The first-order valence-electron chi connectivity index (χ1n) is 6.78. The normalized spacial score (nSPS) is 10.6. The minimum absolute atomic E-state index is 0.237. The van der Waals surface area contributed by atoms with Crippen LogP contribution in [0.2, 0.25) is 0 Å². The number of benzene rings is 2. The van der Waals surface area contributed by atoms with E-state index in [1.807, 2.05) is 60.7 Å². The molecule has 0 bridgehead atoms. The van der Waals surface area contributed by atoms with Crippen molar-refractivity contribution in [1.82, 2.24) is 9.97 Å². The Labute approximate surface area is 129 Å². The van der Waals surface area contributed by atoms with Crippen LogP contribution in [-0.2, 0) is 0 Å². The van der Waals surface area contributed by atoms with Gasteiger partial charge in [0, 0.05) is 20.3 Å². The molecule has 0 aliphatic rings. The van der Waals surface area contributed by atoms with E-state index in [1.165, 1.54) is 6.20 Å². The highest BCUT2D eigenvalue weighted by Crippen LogP contribution is 2.32. The van der Waals surface area contributed by atoms with Crippen LogP contribution in [0.4, 0.5) is 0 Å². The Morgan fingerprint density at radius 3 is 1.82 bits per heavy atom. The molecule has 1 heterocycles. The Balaban J connectivity index is 2.21. The maximum absolute atomic E-state index is 11.7. The first-order chi connectivity index (χ1) is 10.8. The van der Waals surface area contributed by atoms with Crippen molar-refractivity contribution >= 4 is 29.9 Å². The van der Waals surface area contributed by atoms with E-state index in [9.17, 15) is 4.79 Å². The number of rotatable bonds is 4. The third kappa shape index (κ3) is 2.87. The second-order valence-corrected chi connectivity index (χ2v) is 6.73. The molecular weight excluding hydrogens is 293 g/mol. The average molecular weight is 307 g/mol. The van der Waals surface area contributed by atoms with Gasteiger partial charge in [-0.1, -0.05) is 60.7 Å². The number of nitrogens with zero attached hydrogens (tertiary/aromatic N) is 2. The molecule has 0 radical (unpaired) electrons. The second-order valence-electron chi connectivity index (χ2n) is 4.60. The molecule has 22 heavy (non-hydrogen) atoms. The summed E-state index contributed by atoms with van der Waals surface area (Å²) in [4.78, 5) is 20.3. The van der Waals surface area contributed by atoms with Crippen LogP contribution in [0.25, 0.3) is 0 Å². The number of primary amides is 1. The molecule has 0 saturated heterocycles. The molecule has 0 fully saturated rings. The van der Waals surface area contributed by atoms with Gasteiger partial charge in [0.2, 0.25) is 0 Å². The minimum Gasteiger partial charge on any atom is -0.364 e. The standard InChI is InChI=1S/C17H14N3OP/c18-16(21)15-17(20-12-11-19-15)22(13-7-3-1-4-8-13)14-9-5-2-6-10-14/h1-12H,(H2,18,21). The SMILES string of the molecule is NC(=O)c1nccnc1P(c1ccccc1)c1ccccc1. The van der Waals surface area contributed by atoms with Crippen LogP contribution >= 0.6 is 7.92 Å². The fourth-order valence-electron chi connectivity index (χ4n) is 2.22. The largest absolute Gasteiger partial charge is 0.364 e. The zero-order valence-electron chi connectivity index (χ0n) is 11.8. The summed E-state index contributed by atoms with van der Waals surface area (Å²) in [5.41, 5.74) is 6.36. The van der Waals surface area contributed by atoms with Gasteiger partial charge in [0.15, 0.2) is 5.69 Å². The van der Waals surface area contributed by atoms with Crippen molar-refractivity contribution < 1.29 is 4.79 Å². The van der Waals surface area contributed by atoms with Crippen LogP contribution in [0, 0.1) is 0 Å². The lowest BCUT2D eigenvalue weighted by molar-refractivity contribution is 0.0996. The summed E-state index contributed by atoms with van der Waals surface area (Å²) in [5, 5.41) is 2.21. The summed E-state index contributed by atoms with van der Waals surface area (Å²) in [6, 6.07) is 20.0. The number of aromatic nitrogens is 2. The van der Waals surface area contributed by atoms with Gasteiger partial charge < -0.3 is 5.73 Å². The number of carbonyl (C=O) groups excluding carboxylic acids is 1. The Bertz CT molecular complexity index is 739. The van der Waals surface area contributed by atoms with Crippen LogP contribution in [0.1, 0.15) is 10.5 Å². The van der Waals surface area contributed by atoms with Crippen molar-refractivity contribution in [3.8, 4) is 0 Å². The average Bonchev–Trinajstić information content (AvgIpc) is 2.57. The molecule has 2 aromatic carbocycles. The molecule has 2 N–H and O–H groups in total. The second kappa shape index (κ2) is 6.46. The fraction of sp³-hybridized carbons (Fsp3) is 0. The van der Waals surface area contributed by atoms with Gasteiger partial charge in [0.1, 0.15) is 5.44 Å². The van der Waals surface area contributed by atoms with E-state index in [-0.39, 0.29) is 5.69 Å². The molecule has 5 heteroatoms. The van der Waals surface area contributed by atoms with Crippen molar-refractivity contribution in [3.05, 3.63) is 78.8 Å². The highest BCUT2D eigenvalue weighted by molar-refractivity contribution is 7.79. The summed E-state index contributed by atoms with van der Waals surface area (Å²) < 4.78 is 0. The van der Waals surface area contributed by atoms with Crippen LogP contribution in [0.3, 0.4) is 0 Å². The molecule has 3 aromatic rings. The first kappa shape index (κ1) is 14.4. The first-order valence-corrected chi connectivity index (χ1v) is 8.12. The Morgan fingerprint density at radius 2 is 1.32 bits per heavy atom. The van der Waals surface area contributed by atoms with Gasteiger partial charge in [-0.3, -0.25) is 9.78 Å². The summed E-state index contributed by atoms with van der Waals surface area (Å²) in [6.07, 6.45) is 3.09. The van der Waals surface area contributed by atoms with Gasteiger partial charge in [-0.15, -0.1) is 0 Å². The van der Waals surface area contributed by atoms with E-state index in [0.29, 0.717) is 5.44 Å². The summed E-state index contributed by atoms with van der Waals surface area (Å²) in [6.45, 7) is 0. The van der Waals surface area contributed by atoms with E-state index < -0.39 is 13.8 Å². The molecule has 4 nitrogen and oxygen atoms in total. The van der Waals surface area contributed by atoms with Gasteiger partial charge in [-0.2, -0.15) is 0 Å². The van der Waals surface area contributed by atoms with E-state index >= 15 is 0 Å². The van der Waals surface area contributed by atoms with Gasteiger partial charge in [-0.25, -0.2) is 4.98 Å². The number of amides is 1. The fourth-order valence-corrected chi connectivity index (χ4v) is 4.51. The van der Waals surface area contributed by atoms with Crippen LogP contribution in [0.5, 0.6) is 0 Å². The Morgan fingerprint density at radius 1 is 0.818 bits per heavy atom. The van der Waals surface area contributed by atoms with Gasteiger partial charge in [0.25, 0.3) is 5.91 Å². The molecule has 0 unspecified atom stereocenters. The van der Waals surface area contributed by atoms with E-state index in [4.69, 9.17) is 5.73 Å². The molecule has 1 amide bonds. The lowest BCUT2D eigenvalue weighted by Crippen LogP contribution is -2.31. The lowest BCUT2D eigenvalue weighted by atomic mass is 10.4. The molecule has 0 atom stereocenters. The van der Waals surface area contributed by atoms with Crippen molar-refractivity contribution in [1.29, 1.82) is 0 Å². The van der Waals surface area contributed by atoms with Crippen LogP contribution in [-0.4, -0.2) is 15.9 Å². The molecule has 0 aliphatic carbocycles. The third-order valence-corrected chi connectivity index (χ3v) is 5.53.